The molecule has 0 heterocycles. The maximum atomic E-state index is 12.8. The summed E-state index contributed by atoms with van der Waals surface area (Å²) in [6.45, 7) is 1.82. The first-order valence-corrected chi connectivity index (χ1v) is 6.20. The highest BCUT2D eigenvalue weighted by molar-refractivity contribution is 9.10. The molecule has 0 radical (unpaired) electrons. The maximum absolute atomic E-state index is 12.8. The van der Waals surface area contributed by atoms with E-state index in [1.54, 1.807) is 0 Å². The summed E-state index contributed by atoms with van der Waals surface area (Å²) < 4.78 is 38.8. The van der Waals surface area contributed by atoms with Gasteiger partial charge in [0, 0.05) is 10.0 Å². The Labute approximate surface area is 111 Å². The van der Waals surface area contributed by atoms with Crippen LogP contribution in [0.4, 0.5) is 13.2 Å². The van der Waals surface area contributed by atoms with Gasteiger partial charge in [-0.15, -0.1) is 0 Å². The lowest BCUT2D eigenvalue weighted by Crippen LogP contribution is -2.35. The minimum absolute atomic E-state index is 0.295. The van der Waals surface area contributed by atoms with Crippen LogP contribution in [0.5, 0.6) is 0 Å². The molecule has 0 aliphatic heterocycles. The van der Waals surface area contributed by atoms with Crippen LogP contribution in [0.15, 0.2) is 22.7 Å². The molecule has 1 aliphatic carbocycles. The molecule has 6 heteroatoms. The van der Waals surface area contributed by atoms with Crippen LogP contribution in [-0.2, 0) is 6.18 Å². The fraction of sp³-hybridized carbons (Fsp3) is 0.417. The van der Waals surface area contributed by atoms with Gasteiger partial charge in [-0.1, -0.05) is 15.9 Å². The van der Waals surface area contributed by atoms with Gasteiger partial charge in [0.15, 0.2) is 0 Å². The topological polar surface area (TPSA) is 29.1 Å². The second kappa shape index (κ2) is 4.26. The first-order chi connectivity index (χ1) is 8.21. The van der Waals surface area contributed by atoms with Crippen LogP contribution in [0.1, 0.15) is 35.7 Å². The fourth-order valence-electron chi connectivity index (χ4n) is 1.60. The Hall–Kier alpha value is -1.04. The number of hydrogen-bond acceptors (Lipinski definition) is 1. The first kappa shape index (κ1) is 13.4. The van der Waals surface area contributed by atoms with Crippen LogP contribution in [0.25, 0.3) is 0 Å². The number of hydrogen-bond donors (Lipinski definition) is 1. The molecule has 1 aromatic rings. The molecule has 1 saturated carbocycles. The zero-order chi connectivity index (χ0) is 13.6. The standard InChI is InChI=1S/C12H11BrF3NO/c1-11(4-5-11)17-10(18)8-3-2-7(13)6-9(8)12(14,15)16/h2-3,6H,4-5H2,1H3,(H,17,18). The number of carbonyl (C=O) groups is 1. The van der Waals surface area contributed by atoms with Crippen molar-refractivity contribution in [3.8, 4) is 0 Å². The molecule has 0 saturated heterocycles. The third kappa shape index (κ3) is 2.85. The Balaban J connectivity index is 2.34. The summed E-state index contributed by atoms with van der Waals surface area (Å²) in [6, 6.07) is 3.54. The van der Waals surface area contributed by atoms with Crippen molar-refractivity contribution in [2.75, 3.05) is 0 Å². The first-order valence-electron chi connectivity index (χ1n) is 5.41. The second-order valence-electron chi connectivity index (χ2n) is 4.70. The van der Waals surface area contributed by atoms with Crippen molar-refractivity contribution in [2.45, 2.75) is 31.5 Å². The lowest BCUT2D eigenvalue weighted by atomic mass is 10.1. The predicted octanol–water partition coefficient (Wildman–Crippen LogP) is 3.75. The molecule has 98 valence electrons. The minimum Gasteiger partial charge on any atom is -0.347 e. The van der Waals surface area contributed by atoms with E-state index in [0.717, 1.165) is 18.9 Å². The van der Waals surface area contributed by atoms with Crippen LogP contribution in [0.3, 0.4) is 0 Å². The van der Waals surface area contributed by atoms with E-state index >= 15 is 0 Å². The molecule has 1 amide bonds. The van der Waals surface area contributed by atoms with Crippen molar-refractivity contribution in [1.29, 1.82) is 0 Å². The van der Waals surface area contributed by atoms with E-state index in [4.69, 9.17) is 0 Å². The molecule has 0 atom stereocenters. The number of amides is 1. The molecule has 0 aromatic heterocycles. The van der Waals surface area contributed by atoms with Crippen molar-refractivity contribution in [1.82, 2.24) is 5.32 Å². The predicted molar refractivity (Wildman–Crippen MR) is 64.2 cm³/mol. The molecule has 1 fully saturated rings. The average molecular weight is 322 g/mol. The van der Waals surface area contributed by atoms with E-state index < -0.39 is 17.6 Å². The minimum atomic E-state index is -4.54. The Bertz CT molecular complexity index is 495. The number of alkyl halides is 3. The normalized spacial score (nSPS) is 17.4. The quantitative estimate of drug-likeness (QED) is 0.883. The van der Waals surface area contributed by atoms with Crippen molar-refractivity contribution >= 4 is 21.8 Å². The zero-order valence-electron chi connectivity index (χ0n) is 9.57. The zero-order valence-corrected chi connectivity index (χ0v) is 11.2. The summed E-state index contributed by atoms with van der Waals surface area (Å²) in [6.07, 6.45) is -2.94. The maximum Gasteiger partial charge on any atom is 0.417 e. The van der Waals surface area contributed by atoms with Crippen LogP contribution in [0, 0.1) is 0 Å². The fourth-order valence-corrected chi connectivity index (χ4v) is 1.96. The van der Waals surface area contributed by atoms with E-state index in [0.29, 0.717) is 4.47 Å². The van der Waals surface area contributed by atoms with E-state index in [1.807, 2.05) is 6.92 Å². The van der Waals surface area contributed by atoms with Gasteiger partial charge >= 0.3 is 6.18 Å². The van der Waals surface area contributed by atoms with Gasteiger partial charge in [-0.25, -0.2) is 0 Å². The van der Waals surface area contributed by atoms with Crippen LogP contribution in [-0.4, -0.2) is 11.4 Å². The molecule has 0 unspecified atom stereocenters. The molecular weight excluding hydrogens is 311 g/mol. The largest absolute Gasteiger partial charge is 0.417 e. The summed E-state index contributed by atoms with van der Waals surface area (Å²) in [4.78, 5) is 11.9. The molecule has 0 spiro atoms. The summed E-state index contributed by atoms with van der Waals surface area (Å²) in [5.41, 5.74) is -1.59. The number of nitrogens with one attached hydrogen (secondary N) is 1. The summed E-state index contributed by atoms with van der Waals surface area (Å²) in [5.74, 6) is -0.671. The third-order valence-corrected chi connectivity index (χ3v) is 3.44. The van der Waals surface area contributed by atoms with Gasteiger partial charge in [0.2, 0.25) is 0 Å². The Morgan fingerprint density at radius 3 is 2.50 bits per heavy atom. The van der Waals surface area contributed by atoms with Gasteiger partial charge in [0.25, 0.3) is 5.91 Å². The number of halogens is 4. The number of carbonyl (C=O) groups excluding carboxylic acids is 1. The van der Waals surface area contributed by atoms with Crippen molar-refractivity contribution < 1.29 is 18.0 Å². The highest BCUT2D eigenvalue weighted by Crippen LogP contribution is 2.37. The van der Waals surface area contributed by atoms with Crippen molar-refractivity contribution in [3.05, 3.63) is 33.8 Å². The van der Waals surface area contributed by atoms with Crippen molar-refractivity contribution in [3.63, 3.8) is 0 Å². The third-order valence-electron chi connectivity index (χ3n) is 2.95. The van der Waals surface area contributed by atoms with Gasteiger partial charge in [0.1, 0.15) is 0 Å². The Morgan fingerprint density at radius 2 is 2.00 bits per heavy atom. The van der Waals surface area contributed by atoms with Gasteiger partial charge in [-0.2, -0.15) is 13.2 Å². The molecule has 18 heavy (non-hydrogen) atoms. The van der Waals surface area contributed by atoms with Crippen LogP contribution < -0.4 is 5.32 Å². The molecule has 2 rings (SSSR count). The van der Waals surface area contributed by atoms with Crippen LogP contribution >= 0.6 is 15.9 Å². The highest BCUT2D eigenvalue weighted by atomic mass is 79.9. The average Bonchev–Trinajstić information content (AvgIpc) is 2.94. The molecule has 1 N–H and O–H groups in total. The van der Waals surface area contributed by atoms with Gasteiger partial charge in [-0.05, 0) is 38.0 Å². The molecule has 2 nitrogen and oxygen atoms in total. The van der Waals surface area contributed by atoms with Crippen LogP contribution in [0.2, 0.25) is 0 Å². The van der Waals surface area contributed by atoms with Gasteiger partial charge in [-0.3, -0.25) is 4.79 Å². The summed E-state index contributed by atoms with van der Waals surface area (Å²) in [7, 11) is 0. The SMILES string of the molecule is CC1(NC(=O)c2ccc(Br)cc2C(F)(F)F)CC1. The second-order valence-corrected chi connectivity index (χ2v) is 5.62. The van der Waals surface area contributed by atoms with E-state index in [1.165, 1.54) is 12.1 Å². The molecular formula is C12H11BrF3NO. The van der Waals surface area contributed by atoms with Gasteiger partial charge in [0.05, 0.1) is 11.1 Å². The van der Waals surface area contributed by atoms with E-state index in [9.17, 15) is 18.0 Å². The molecule has 1 aliphatic rings. The lowest BCUT2D eigenvalue weighted by molar-refractivity contribution is -0.138. The number of benzene rings is 1. The van der Waals surface area contributed by atoms with E-state index in [-0.39, 0.29) is 11.1 Å². The summed E-state index contributed by atoms with van der Waals surface area (Å²) >= 11 is 2.98. The molecule has 1 aromatic carbocycles. The lowest BCUT2D eigenvalue weighted by Gasteiger charge is -2.16. The monoisotopic (exact) mass is 321 g/mol. The smallest absolute Gasteiger partial charge is 0.347 e. The van der Waals surface area contributed by atoms with Gasteiger partial charge < -0.3 is 5.32 Å². The number of rotatable bonds is 2. The highest BCUT2D eigenvalue weighted by Gasteiger charge is 2.41. The van der Waals surface area contributed by atoms with E-state index in [2.05, 4.69) is 21.2 Å². The Morgan fingerprint density at radius 1 is 1.39 bits per heavy atom. The van der Waals surface area contributed by atoms with Crippen molar-refractivity contribution in [2.24, 2.45) is 0 Å². The Kier molecular flexibility index (Phi) is 3.17. The summed E-state index contributed by atoms with van der Waals surface area (Å²) in [5, 5.41) is 2.62. The molecule has 0 bridgehead atoms.